The van der Waals surface area contributed by atoms with Gasteiger partial charge in [-0.05, 0) is 36.8 Å². The number of fused-ring (bicyclic) bond motifs is 1. The minimum atomic E-state index is -0.854. The highest BCUT2D eigenvalue weighted by Gasteiger charge is 2.19. The number of primary amides is 1. The second-order valence-corrected chi connectivity index (χ2v) is 7.67. The first-order valence-electron chi connectivity index (χ1n) is 9.69. The number of nitriles is 1. The molecule has 3 N–H and O–H groups in total. The first kappa shape index (κ1) is 21.9. The van der Waals surface area contributed by atoms with E-state index in [1.165, 1.54) is 18.3 Å². The lowest BCUT2D eigenvalue weighted by Gasteiger charge is -2.10. The normalized spacial score (nSPS) is 10.7. The molecule has 0 radical (unpaired) electrons. The van der Waals surface area contributed by atoms with E-state index < -0.39 is 17.6 Å². The largest absolute Gasteiger partial charge is 0.364 e. The van der Waals surface area contributed by atoms with Gasteiger partial charge < -0.3 is 11.1 Å². The Hall–Kier alpha value is -4.29. The van der Waals surface area contributed by atoms with Crippen LogP contribution in [-0.2, 0) is 6.54 Å². The molecule has 0 aliphatic rings. The number of aromatic nitrogens is 3. The molecule has 0 aliphatic carbocycles. The van der Waals surface area contributed by atoms with Gasteiger partial charge in [0.1, 0.15) is 11.5 Å². The van der Waals surface area contributed by atoms with Crippen molar-refractivity contribution in [2.24, 2.45) is 5.73 Å². The first-order chi connectivity index (χ1) is 15.8. The van der Waals surface area contributed by atoms with Gasteiger partial charge in [0.05, 0.1) is 51.9 Å². The zero-order valence-electron chi connectivity index (χ0n) is 17.3. The minimum absolute atomic E-state index is 0.0648. The number of nitrogens with one attached hydrogen (secondary N) is 1. The van der Waals surface area contributed by atoms with Crippen molar-refractivity contribution in [3.05, 3.63) is 87.6 Å². The molecule has 0 saturated carbocycles. The van der Waals surface area contributed by atoms with E-state index in [0.717, 1.165) is 11.6 Å². The number of rotatable bonds is 5. The summed E-state index contributed by atoms with van der Waals surface area (Å²) in [6, 6.07) is 12.7. The van der Waals surface area contributed by atoms with Crippen LogP contribution >= 0.6 is 11.6 Å². The molecule has 10 heteroatoms. The molecule has 0 unspecified atom stereocenters. The molecule has 0 saturated heterocycles. The van der Waals surface area contributed by atoms with Crippen molar-refractivity contribution in [3.8, 4) is 6.07 Å². The monoisotopic (exact) mass is 462 g/mol. The summed E-state index contributed by atoms with van der Waals surface area (Å²) in [5.41, 5.74) is 7.92. The third-order valence-corrected chi connectivity index (χ3v) is 5.40. The smallest absolute Gasteiger partial charge is 0.267 e. The standard InChI is InChI=1S/C23H16ClFN6O2/c1-12-21(10-28-31(12)11-14-4-2-13(9-26)3-5-14)30-23(33)16-7-20(22(27)32)29-19-8-18(25)17(24)6-15(16)19/h2-8,10H,11H2,1H3,(H2,27,32)(H,30,33). The number of nitrogens with two attached hydrogens (primary N) is 1. The van der Waals surface area contributed by atoms with Gasteiger partial charge in [0.2, 0.25) is 0 Å². The van der Waals surface area contributed by atoms with Crippen LogP contribution in [0, 0.1) is 24.1 Å². The molecule has 33 heavy (non-hydrogen) atoms. The minimum Gasteiger partial charge on any atom is -0.364 e. The second kappa shape index (κ2) is 8.68. The van der Waals surface area contributed by atoms with Crippen LogP contribution in [-0.4, -0.2) is 26.6 Å². The number of anilines is 1. The summed E-state index contributed by atoms with van der Waals surface area (Å²) in [6.07, 6.45) is 1.50. The van der Waals surface area contributed by atoms with E-state index >= 15 is 0 Å². The Morgan fingerprint density at radius 1 is 1.24 bits per heavy atom. The van der Waals surface area contributed by atoms with Crippen molar-refractivity contribution in [2.75, 3.05) is 5.32 Å². The number of pyridine rings is 1. The van der Waals surface area contributed by atoms with Crippen molar-refractivity contribution < 1.29 is 14.0 Å². The van der Waals surface area contributed by atoms with Gasteiger partial charge in [-0.15, -0.1) is 0 Å². The van der Waals surface area contributed by atoms with Gasteiger partial charge in [0, 0.05) is 11.5 Å². The zero-order valence-corrected chi connectivity index (χ0v) is 18.0. The zero-order chi connectivity index (χ0) is 23.7. The van der Waals surface area contributed by atoms with E-state index in [1.54, 1.807) is 23.7 Å². The van der Waals surface area contributed by atoms with E-state index in [9.17, 15) is 14.0 Å². The number of carbonyl (C=O) groups is 2. The van der Waals surface area contributed by atoms with Gasteiger partial charge in [0.15, 0.2) is 0 Å². The maximum Gasteiger partial charge on any atom is 0.267 e. The van der Waals surface area contributed by atoms with Crippen LogP contribution in [0.1, 0.15) is 37.7 Å². The van der Waals surface area contributed by atoms with Crippen LogP contribution in [0.25, 0.3) is 10.9 Å². The van der Waals surface area contributed by atoms with E-state index in [2.05, 4.69) is 21.5 Å². The fraction of sp³-hybridized carbons (Fsp3) is 0.0870. The third kappa shape index (κ3) is 4.37. The number of carbonyl (C=O) groups excluding carboxylic acids is 2. The summed E-state index contributed by atoms with van der Waals surface area (Å²) in [6.45, 7) is 2.23. The van der Waals surface area contributed by atoms with Crippen molar-refractivity contribution >= 4 is 40.0 Å². The number of hydrogen-bond donors (Lipinski definition) is 2. The fourth-order valence-electron chi connectivity index (χ4n) is 3.31. The molecule has 2 heterocycles. The molecule has 164 valence electrons. The maximum atomic E-state index is 13.9. The van der Waals surface area contributed by atoms with Crippen LogP contribution in [0.4, 0.5) is 10.1 Å². The molecular formula is C23H16ClFN6O2. The van der Waals surface area contributed by atoms with Crippen LogP contribution in [0.2, 0.25) is 5.02 Å². The predicted molar refractivity (Wildman–Crippen MR) is 120 cm³/mol. The Morgan fingerprint density at radius 3 is 2.64 bits per heavy atom. The summed E-state index contributed by atoms with van der Waals surface area (Å²) < 4.78 is 15.6. The summed E-state index contributed by atoms with van der Waals surface area (Å²) in [7, 11) is 0. The molecule has 4 aromatic rings. The molecule has 0 fully saturated rings. The van der Waals surface area contributed by atoms with Crippen molar-refractivity contribution in [1.82, 2.24) is 14.8 Å². The molecule has 0 atom stereocenters. The van der Waals surface area contributed by atoms with Gasteiger partial charge in [-0.3, -0.25) is 14.3 Å². The number of benzene rings is 2. The van der Waals surface area contributed by atoms with Gasteiger partial charge in [-0.2, -0.15) is 10.4 Å². The molecule has 0 spiro atoms. The van der Waals surface area contributed by atoms with Crippen LogP contribution in [0.15, 0.2) is 48.7 Å². The Kier molecular flexibility index (Phi) is 5.77. The van der Waals surface area contributed by atoms with Crippen molar-refractivity contribution in [3.63, 3.8) is 0 Å². The highest BCUT2D eigenvalue weighted by Crippen LogP contribution is 2.26. The molecule has 0 bridgehead atoms. The quantitative estimate of drug-likeness (QED) is 0.466. The van der Waals surface area contributed by atoms with E-state index in [1.807, 2.05) is 12.1 Å². The molecule has 2 aromatic carbocycles. The molecular weight excluding hydrogens is 447 g/mol. The van der Waals surface area contributed by atoms with Gasteiger partial charge >= 0.3 is 0 Å². The van der Waals surface area contributed by atoms with Crippen molar-refractivity contribution in [1.29, 1.82) is 5.26 Å². The highest BCUT2D eigenvalue weighted by molar-refractivity contribution is 6.31. The lowest BCUT2D eigenvalue weighted by atomic mass is 10.1. The molecule has 8 nitrogen and oxygen atoms in total. The maximum absolute atomic E-state index is 13.9. The third-order valence-electron chi connectivity index (χ3n) is 5.11. The average Bonchev–Trinajstić information content (AvgIpc) is 3.13. The topological polar surface area (TPSA) is 127 Å². The molecule has 2 amide bonds. The van der Waals surface area contributed by atoms with Gasteiger partial charge in [0.25, 0.3) is 11.8 Å². The summed E-state index contributed by atoms with van der Waals surface area (Å²) in [4.78, 5) is 28.8. The summed E-state index contributed by atoms with van der Waals surface area (Å²) in [5.74, 6) is -2.15. The Morgan fingerprint density at radius 2 is 1.97 bits per heavy atom. The molecule has 4 rings (SSSR count). The van der Waals surface area contributed by atoms with Gasteiger partial charge in [-0.1, -0.05) is 23.7 Å². The van der Waals surface area contributed by atoms with Crippen LogP contribution in [0.3, 0.4) is 0 Å². The first-order valence-corrected chi connectivity index (χ1v) is 10.1. The average molecular weight is 463 g/mol. The highest BCUT2D eigenvalue weighted by atomic mass is 35.5. The molecule has 0 aliphatic heterocycles. The van der Waals surface area contributed by atoms with Gasteiger partial charge in [-0.25, -0.2) is 9.37 Å². The summed E-state index contributed by atoms with van der Waals surface area (Å²) in [5, 5.41) is 16.1. The SMILES string of the molecule is Cc1c(NC(=O)c2cc(C(N)=O)nc3cc(F)c(Cl)cc23)cnn1Cc1ccc(C#N)cc1. The number of nitrogens with zero attached hydrogens (tertiary/aromatic N) is 4. The fourth-order valence-corrected chi connectivity index (χ4v) is 3.47. The Labute approximate surface area is 192 Å². The van der Waals surface area contributed by atoms with E-state index in [0.29, 0.717) is 23.5 Å². The molecule has 2 aromatic heterocycles. The lowest BCUT2D eigenvalue weighted by Crippen LogP contribution is -2.18. The second-order valence-electron chi connectivity index (χ2n) is 7.27. The Balaban J connectivity index is 1.65. The van der Waals surface area contributed by atoms with Crippen LogP contribution < -0.4 is 11.1 Å². The number of hydrogen-bond acceptors (Lipinski definition) is 5. The number of amides is 2. The predicted octanol–water partition coefficient (Wildman–Crippen LogP) is 3.80. The lowest BCUT2D eigenvalue weighted by molar-refractivity contribution is 0.0996. The number of halogens is 2. The summed E-state index contributed by atoms with van der Waals surface area (Å²) >= 11 is 5.89. The Bertz CT molecular complexity index is 1460. The van der Waals surface area contributed by atoms with Crippen molar-refractivity contribution in [2.45, 2.75) is 13.5 Å². The van der Waals surface area contributed by atoms with E-state index in [4.69, 9.17) is 22.6 Å². The van der Waals surface area contributed by atoms with Crippen LogP contribution in [0.5, 0.6) is 0 Å². The van der Waals surface area contributed by atoms with E-state index in [-0.39, 0.29) is 27.2 Å².